The first-order valence-corrected chi connectivity index (χ1v) is 8.30. The minimum atomic E-state index is -0.678. The molecule has 0 bridgehead atoms. The summed E-state index contributed by atoms with van der Waals surface area (Å²) in [6, 6.07) is 5.87. The summed E-state index contributed by atoms with van der Waals surface area (Å²) < 4.78 is 0.979. The average molecular weight is 399 g/mol. The maximum Gasteiger partial charge on any atom is 0.307 e. The zero-order chi connectivity index (χ0) is 15.2. The Balaban J connectivity index is 1.70. The second kappa shape index (κ2) is 5.26. The maximum atomic E-state index is 12.7. The van der Waals surface area contributed by atoms with Crippen molar-refractivity contribution < 1.29 is 14.7 Å². The lowest BCUT2D eigenvalue weighted by atomic mass is 9.90. The van der Waals surface area contributed by atoms with Gasteiger partial charge in [-0.05, 0) is 65.8 Å². The molecular formula is C16H18INO3. The molecule has 1 saturated heterocycles. The van der Waals surface area contributed by atoms with E-state index in [-0.39, 0.29) is 17.2 Å². The summed E-state index contributed by atoms with van der Waals surface area (Å²) in [5.74, 6) is -0.781. The van der Waals surface area contributed by atoms with Crippen LogP contribution in [0.2, 0.25) is 0 Å². The molecular weight excluding hydrogens is 381 g/mol. The lowest BCUT2D eigenvalue weighted by molar-refractivity contribution is -0.139. The number of amides is 1. The van der Waals surface area contributed by atoms with E-state index in [4.69, 9.17) is 5.11 Å². The van der Waals surface area contributed by atoms with Gasteiger partial charge >= 0.3 is 5.97 Å². The van der Waals surface area contributed by atoms with Crippen LogP contribution in [-0.4, -0.2) is 35.0 Å². The number of nitrogens with zero attached hydrogens (tertiary/aromatic N) is 1. The van der Waals surface area contributed by atoms with Crippen molar-refractivity contribution in [2.45, 2.75) is 26.2 Å². The fourth-order valence-electron chi connectivity index (χ4n) is 3.47. The van der Waals surface area contributed by atoms with Crippen LogP contribution in [0.4, 0.5) is 0 Å². The van der Waals surface area contributed by atoms with Crippen LogP contribution < -0.4 is 0 Å². The van der Waals surface area contributed by atoms with E-state index in [0.29, 0.717) is 13.1 Å². The summed E-state index contributed by atoms with van der Waals surface area (Å²) in [4.78, 5) is 25.7. The number of carbonyl (C=O) groups is 2. The molecule has 0 radical (unpaired) electrons. The van der Waals surface area contributed by atoms with Gasteiger partial charge in [0.1, 0.15) is 0 Å². The summed E-state index contributed by atoms with van der Waals surface area (Å²) >= 11 is 2.20. The number of aliphatic carboxylic acids is 1. The highest BCUT2D eigenvalue weighted by Gasteiger charge is 2.59. The van der Waals surface area contributed by atoms with Gasteiger partial charge in [0.25, 0.3) is 5.91 Å². The summed E-state index contributed by atoms with van der Waals surface area (Å²) in [6.45, 7) is 3.31. The van der Waals surface area contributed by atoms with Gasteiger partial charge in [0.2, 0.25) is 0 Å². The molecule has 1 saturated carbocycles. The topological polar surface area (TPSA) is 57.6 Å². The number of carbonyl (C=O) groups excluding carboxylic acids is 1. The molecule has 112 valence electrons. The highest BCUT2D eigenvalue weighted by atomic mass is 127. The van der Waals surface area contributed by atoms with Gasteiger partial charge in [-0.15, -0.1) is 0 Å². The average Bonchev–Trinajstić information content (AvgIpc) is 3.13. The first kappa shape index (κ1) is 14.8. The van der Waals surface area contributed by atoms with E-state index in [1.165, 1.54) is 0 Å². The van der Waals surface area contributed by atoms with Crippen molar-refractivity contribution in [3.05, 3.63) is 32.9 Å². The van der Waals surface area contributed by atoms with E-state index < -0.39 is 5.97 Å². The predicted molar refractivity (Wildman–Crippen MR) is 87.2 cm³/mol. The van der Waals surface area contributed by atoms with Crippen LogP contribution in [0, 0.1) is 21.8 Å². The molecule has 3 rings (SSSR count). The molecule has 2 aliphatic rings. The standard InChI is InChI=1S/C16H18INO3/c1-10-3-2-4-12(17)13(10)14(19)18-7-5-16(6-8-18)9-11(16)15(20)21/h2-4,11H,5-9H2,1H3,(H,20,21). The van der Waals surface area contributed by atoms with Gasteiger partial charge in [-0.25, -0.2) is 0 Å². The third-order valence-electron chi connectivity index (χ3n) is 4.97. The van der Waals surface area contributed by atoms with Crippen molar-refractivity contribution in [3.8, 4) is 0 Å². The van der Waals surface area contributed by atoms with Crippen LogP contribution in [0.5, 0.6) is 0 Å². The van der Waals surface area contributed by atoms with Crippen LogP contribution in [0.3, 0.4) is 0 Å². The molecule has 1 spiro atoms. The molecule has 1 aromatic carbocycles. The number of hydrogen-bond acceptors (Lipinski definition) is 2. The Bertz CT molecular complexity index is 585. The van der Waals surface area contributed by atoms with Crippen molar-refractivity contribution in [1.82, 2.24) is 4.90 Å². The summed E-state index contributed by atoms with van der Waals surface area (Å²) in [5.41, 5.74) is 1.77. The smallest absolute Gasteiger partial charge is 0.307 e. The summed E-state index contributed by atoms with van der Waals surface area (Å²) in [5, 5.41) is 9.12. The monoisotopic (exact) mass is 399 g/mol. The van der Waals surface area contributed by atoms with Crippen molar-refractivity contribution in [2.24, 2.45) is 11.3 Å². The number of aryl methyl sites for hydroxylation is 1. The summed E-state index contributed by atoms with van der Waals surface area (Å²) in [7, 11) is 0. The van der Waals surface area contributed by atoms with E-state index in [1.54, 1.807) is 0 Å². The van der Waals surface area contributed by atoms with Crippen LogP contribution in [0.1, 0.15) is 35.2 Å². The Kier molecular flexibility index (Phi) is 3.71. The highest BCUT2D eigenvalue weighted by Crippen LogP contribution is 2.59. The first-order valence-electron chi connectivity index (χ1n) is 7.22. The third-order valence-corrected chi connectivity index (χ3v) is 5.87. The van der Waals surface area contributed by atoms with Crippen molar-refractivity contribution in [3.63, 3.8) is 0 Å². The van der Waals surface area contributed by atoms with Crippen molar-refractivity contribution in [2.75, 3.05) is 13.1 Å². The number of hydrogen-bond donors (Lipinski definition) is 1. The molecule has 1 unspecified atom stereocenters. The van der Waals surface area contributed by atoms with E-state index in [1.807, 2.05) is 30.0 Å². The third kappa shape index (κ3) is 2.56. The van der Waals surface area contributed by atoms with Crippen LogP contribution in [0.25, 0.3) is 0 Å². The first-order chi connectivity index (χ1) is 9.94. The quantitative estimate of drug-likeness (QED) is 0.779. The molecule has 1 atom stereocenters. The number of carboxylic acids is 1. The highest BCUT2D eigenvalue weighted by molar-refractivity contribution is 14.1. The van der Waals surface area contributed by atoms with Crippen LogP contribution >= 0.6 is 22.6 Å². The number of rotatable bonds is 2. The molecule has 0 aromatic heterocycles. The van der Waals surface area contributed by atoms with Crippen molar-refractivity contribution >= 4 is 34.5 Å². The van der Waals surface area contributed by atoms with E-state index in [9.17, 15) is 9.59 Å². The zero-order valence-corrected chi connectivity index (χ0v) is 14.1. The molecule has 2 fully saturated rings. The zero-order valence-electron chi connectivity index (χ0n) is 11.9. The lowest BCUT2D eigenvalue weighted by Crippen LogP contribution is -2.40. The number of halogens is 1. The summed E-state index contributed by atoms with van der Waals surface area (Å²) in [6.07, 6.45) is 2.42. The fraction of sp³-hybridized carbons (Fsp3) is 0.500. The van der Waals surface area contributed by atoms with E-state index >= 15 is 0 Å². The molecule has 1 aromatic rings. The normalized spacial score (nSPS) is 23.1. The second-order valence-corrected chi connectivity index (χ2v) is 7.34. The van der Waals surface area contributed by atoms with E-state index in [2.05, 4.69) is 22.6 Å². The Labute approximate surface area is 137 Å². The van der Waals surface area contributed by atoms with Crippen LogP contribution in [-0.2, 0) is 4.79 Å². The second-order valence-electron chi connectivity index (χ2n) is 6.18. The van der Waals surface area contributed by atoms with E-state index in [0.717, 1.165) is 34.0 Å². The number of piperidine rings is 1. The van der Waals surface area contributed by atoms with Gasteiger partial charge < -0.3 is 10.0 Å². The Morgan fingerprint density at radius 1 is 1.33 bits per heavy atom. The fourth-order valence-corrected chi connectivity index (χ4v) is 4.33. The van der Waals surface area contributed by atoms with Gasteiger partial charge in [0.05, 0.1) is 11.5 Å². The molecule has 1 aliphatic carbocycles. The SMILES string of the molecule is Cc1cccc(I)c1C(=O)N1CCC2(CC1)CC2C(=O)O. The van der Waals surface area contributed by atoms with Crippen molar-refractivity contribution in [1.29, 1.82) is 0 Å². The Morgan fingerprint density at radius 2 is 2.00 bits per heavy atom. The molecule has 4 nitrogen and oxygen atoms in total. The largest absolute Gasteiger partial charge is 0.481 e. The minimum Gasteiger partial charge on any atom is -0.481 e. The molecule has 5 heteroatoms. The maximum absolute atomic E-state index is 12.7. The van der Waals surface area contributed by atoms with Gasteiger partial charge in [-0.1, -0.05) is 12.1 Å². The van der Waals surface area contributed by atoms with Gasteiger partial charge in [0, 0.05) is 16.7 Å². The molecule has 1 heterocycles. The molecule has 21 heavy (non-hydrogen) atoms. The molecule has 1 aliphatic heterocycles. The Morgan fingerprint density at radius 3 is 2.52 bits per heavy atom. The lowest BCUT2D eigenvalue weighted by Gasteiger charge is -2.33. The number of carboxylic acid groups (broad SMARTS) is 1. The van der Waals surface area contributed by atoms with Gasteiger partial charge in [-0.3, -0.25) is 9.59 Å². The predicted octanol–water partition coefficient (Wildman–Crippen LogP) is 2.93. The number of likely N-dealkylation sites (tertiary alicyclic amines) is 1. The minimum absolute atomic E-state index is 0.0263. The molecule has 1 amide bonds. The van der Waals surface area contributed by atoms with Gasteiger partial charge in [0.15, 0.2) is 0 Å². The van der Waals surface area contributed by atoms with Crippen LogP contribution in [0.15, 0.2) is 18.2 Å². The van der Waals surface area contributed by atoms with Gasteiger partial charge in [-0.2, -0.15) is 0 Å². The number of benzene rings is 1. The molecule has 1 N–H and O–H groups in total. The Hall–Kier alpha value is -1.11.